The second kappa shape index (κ2) is 63.8. The van der Waals surface area contributed by atoms with Crippen LogP contribution in [0.15, 0.2) is 264 Å². The molecule has 11 N–H and O–H groups in total. The lowest BCUT2D eigenvalue weighted by atomic mass is 10.00. The van der Waals surface area contributed by atoms with Crippen molar-refractivity contribution in [1.29, 1.82) is 0 Å². The fraction of sp³-hybridized carbons (Fsp3) is 0.280. The predicted molar refractivity (Wildman–Crippen MR) is 595 cm³/mol. The summed E-state index contributed by atoms with van der Waals surface area (Å²) in [7, 11) is 0. The normalized spacial score (nSPS) is 10.2. The van der Waals surface area contributed by atoms with Crippen LogP contribution < -0.4 is 21.3 Å². The van der Waals surface area contributed by atoms with E-state index in [0.717, 1.165) is 154 Å². The van der Waals surface area contributed by atoms with E-state index < -0.39 is 59.0 Å². The zero-order chi connectivity index (χ0) is 111. The number of nitrogens with one attached hydrogen (secondary N) is 5. The van der Waals surface area contributed by atoms with Crippen LogP contribution in [0, 0.1) is 103 Å². The van der Waals surface area contributed by atoms with Crippen molar-refractivity contribution in [1.82, 2.24) is 35.2 Å². The number of anilines is 1. The molecule has 0 spiro atoms. The van der Waals surface area contributed by atoms with Crippen LogP contribution in [-0.4, -0.2) is 137 Å². The smallest absolute Gasteiger partial charge is 0.377 e. The summed E-state index contributed by atoms with van der Waals surface area (Å²) < 4.78 is 28.5. The number of aromatic amines is 4. The molecule has 788 valence electrons. The highest BCUT2D eigenvalue weighted by Crippen LogP contribution is 2.32. The first-order chi connectivity index (χ1) is 70.6. The number of benzene rings is 11. The summed E-state index contributed by atoms with van der Waals surface area (Å²) in [6.45, 7) is 45.5. The number of carboxylic acids is 6. The van der Waals surface area contributed by atoms with E-state index in [2.05, 4.69) is 131 Å². The van der Waals surface area contributed by atoms with Crippen molar-refractivity contribution in [2.75, 3.05) is 23.4 Å². The molecule has 27 nitrogen and oxygen atoms in total. The Morgan fingerprint density at radius 1 is 0.416 bits per heavy atom. The van der Waals surface area contributed by atoms with Crippen molar-refractivity contribution in [2.24, 2.45) is 0 Å². The number of halogens is 1. The molecule has 15 aromatic rings. The van der Waals surface area contributed by atoms with Gasteiger partial charge in [0.05, 0.1) is 69.5 Å². The lowest BCUT2D eigenvalue weighted by Crippen LogP contribution is -2.20. The molecule has 11 aromatic carbocycles. The molecule has 0 fully saturated rings. The molecule has 15 rings (SSSR count). The lowest BCUT2D eigenvalue weighted by molar-refractivity contribution is -0.133. The molecule has 0 saturated heterocycles. The van der Waals surface area contributed by atoms with Gasteiger partial charge < -0.3 is 59.7 Å². The summed E-state index contributed by atoms with van der Waals surface area (Å²) in [5.74, 6) is -2.90. The highest BCUT2D eigenvalue weighted by Gasteiger charge is 2.20. The van der Waals surface area contributed by atoms with Crippen LogP contribution in [-0.2, 0) is 28.9 Å². The molecular formula is C118H137FN8O19S3. The minimum absolute atomic E-state index is 0.183. The summed E-state index contributed by atoms with van der Waals surface area (Å²) in [5.41, 5.74) is 24.8. The van der Waals surface area contributed by atoms with Crippen LogP contribution in [0.3, 0.4) is 0 Å². The van der Waals surface area contributed by atoms with Gasteiger partial charge in [-0.1, -0.05) is 234 Å². The number of thioether (sulfide) groups is 3. The van der Waals surface area contributed by atoms with Gasteiger partial charge in [0.25, 0.3) is 17.4 Å². The summed E-state index contributed by atoms with van der Waals surface area (Å²) in [6.07, 6.45) is 6.77. The summed E-state index contributed by atoms with van der Waals surface area (Å²) in [5, 5.41) is 60.6. The van der Waals surface area contributed by atoms with E-state index in [-0.39, 0.29) is 11.1 Å². The number of ether oxygens (including phenoxy) is 1. The number of aromatic nitrogens is 7. The summed E-state index contributed by atoms with van der Waals surface area (Å²) >= 11 is 4.76. The second-order valence-corrected chi connectivity index (χ2v) is 38.9. The number of hydrogen-bond donors (Lipinski definition) is 11. The Hall–Kier alpha value is -15.5. The van der Waals surface area contributed by atoms with Crippen LogP contribution in [0.2, 0.25) is 0 Å². The minimum Gasteiger partial charge on any atom is -0.492 e. The Morgan fingerprint density at radius 2 is 0.832 bits per heavy atom. The highest BCUT2D eigenvalue weighted by atomic mass is 32.2. The van der Waals surface area contributed by atoms with Gasteiger partial charge in [-0.2, -0.15) is 15.3 Å². The number of aryl methyl sites for hydroxylation is 17. The van der Waals surface area contributed by atoms with Gasteiger partial charge in [-0.15, -0.1) is 35.3 Å². The Labute approximate surface area is 883 Å². The quantitative estimate of drug-likeness (QED) is 0.0177. The molecule has 4 heterocycles. The van der Waals surface area contributed by atoms with Gasteiger partial charge in [0.1, 0.15) is 17.4 Å². The molecule has 0 unspecified atom stereocenters. The van der Waals surface area contributed by atoms with E-state index in [1.54, 1.807) is 91.0 Å². The van der Waals surface area contributed by atoms with Crippen LogP contribution in [0.1, 0.15) is 239 Å². The molecule has 0 aliphatic heterocycles. The van der Waals surface area contributed by atoms with Crippen LogP contribution >= 0.6 is 35.3 Å². The lowest BCUT2D eigenvalue weighted by Gasteiger charge is -2.11. The fourth-order valence-electron chi connectivity index (χ4n) is 13.9. The molecule has 0 radical (unpaired) electrons. The van der Waals surface area contributed by atoms with Crippen molar-refractivity contribution >= 4 is 88.5 Å². The Kier molecular flexibility index (Phi) is 53.1. The topological polar surface area (TPSA) is 441 Å². The maximum absolute atomic E-state index is 13.3. The number of hydrogen-bond acceptors (Lipinski definition) is 19. The van der Waals surface area contributed by atoms with Crippen LogP contribution in [0.5, 0.6) is 5.75 Å². The standard InChI is InChI=1S/C12H14N2.C12H15NO3.C11H13FO2.C11H12N2.2C11H14O2S.C11H14O2.C10H9NO2.C10H12O2S.C10H12O2.C9H8N2O2/c1-8-4-6-11(7-5-8)12-9(2)13-10(3)14-12;1-4-16-11-7-8(2)5-6-10(11)13-12(15)9(3)14;1-3-4-8-5-7(2)6-9(12)10(8)11(13)14;1-8-3-5-10(6-4-8)11-9(2)12-7-13-11;1-7(2)14-10-6-8(3)4-5-9(10)11(12)13;1-3-6-14-10-7-8(2)4-5-9(10)11(12)13;1-3-4-9-7-8(2)5-6-10(9)11(12)13;1-7-2-4-8(5-3-7)9-6-10(12)11-13-9;1-3-13-9-6-7(2)4-5-8(9)10(11)12;1-3-8-6-7(2)4-5-9(8)10(11)12;1-6-2-4-7(5-3-6)8-10-9(12)11-13-8/h4-7H,1-3H3,(H,13,14);5-7H,4H2,1-3H3,(H,13,15);5-6H,3-4H2,1-2H3,(H,13,14);3-7H,1-2H3,(H,12,13);4-7H,1-3H3,(H,12,13);4-5,7H,3,6H2,1-2H3,(H,12,13);5-7H,3-4H2,1-2H3,(H,12,13);2-6H,1H3,(H,11,12);4-6H,3H2,1-2H3,(H,11,12);4-6H,3H2,1-2H3,(H,11,12);2-5H,1H3,(H,11,12). The number of rotatable bonds is 26. The number of aromatic carboxylic acids is 6. The third-order valence-electron chi connectivity index (χ3n) is 21.2. The van der Waals surface area contributed by atoms with Gasteiger partial charge in [0, 0.05) is 60.5 Å². The largest absolute Gasteiger partial charge is 0.492 e. The van der Waals surface area contributed by atoms with Gasteiger partial charge >= 0.3 is 41.5 Å². The van der Waals surface area contributed by atoms with Crippen LogP contribution in [0.4, 0.5) is 10.1 Å². The number of H-pyrrole nitrogens is 4. The van der Waals surface area contributed by atoms with Gasteiger partial charge in [0.2, 0.25) is 5.78 Å². The number of carboxylic acid groups (broad SMARTS) is 6. The van der Waals surface area contributed by atoms with E-state index in [1.807, 2.05) is 225 Å². The van der Waals surface area contributed by atoms with Gasteiger partial charge in [-0.3, -0.25) is 14.4 Å². The maximum Gasteiger partial charge on any atom is 0.377 e. The Balaban J connectivity index is 0.000000288. The molecule has 149 heavy (non-hydrogen) atoms. The molecule has 0 aliphatic rings. The Morgan fingerprint density at radius 3 is 1.23 bits per heavy atom. The monoisotopic (exact) mass is 2080 g/mol. The molecule has 4 aromatic heterocycles. The molecule has 0 aliphatic carbocycles. The zero-order valence-corrected chi connectivity index (χ0v) is 91.3. The van der Waals surface area contributed by atoms with Crippen molar-refractivity contribution in [3.8, 4) is 51.0 Å². The van der Waals surface area contributed by atoms with E-state index >= 15 is 0 Å². The molecular weight excluding hydrogens is 1950 g/mol. The third kappa shape index (κ3) is 43.2. The highest BCUT2D eigenvalue weighted by molar-refractivity contribution is 8.00. The molecule has 31 heteroatoms. The number of nitrogens with zero attached hydrogens (tertiary/aromatic N) is 3. The first kappa shape index (κ1) is 124. The second-order valence-electron chi connectivity index (χ2n) is 34.8. The minimum atomic E-state index is -1.19. The van der Waals surface area contributed by atoms with Crippen molar-refractivity contribution in [3.63, 3.8) is 0 Å². The van der Waals surface area contributed by atoms with Crippen molar-refractivity contribution in [3.05, 3.63) is 386 Å². The summed E-state index contributed by atoms with van der Waals surface area (Å²) in [4.78, 5) is 130. The third-order valence-corrected chi connectivity index (χ3v) is 24.5. The average Bonchev–Trinajstić information content (AvgIpc) is 1.40. The first-order valence-electron chi connectivity index (χ1n) is 48.4. The van der Waals surface area contributed by atoms with Crippen LogP contribution in [0.25, 0.3) is 45.3 Å². The molecule has 0 atom stereocenters. The summed E-state index contributed by atoms with van der Waals surface area (Å²) in [6, 6.07) is 69.1. The molecule has 1 amide bonds. The number of carbonyl (C=O) groups is 8. The Bertz CT molecular complexity index is 6860. The van der Waals surface area contributed by atoms with Gasteiger partial charge in [-0.05, 0) is 264 Å². The number of imidazole rings is 2. The van der Waals surface area contributed by atoms with Crippen molar-refractivity contribution < 1.29 is 87.2 Å². The number of ketones is 1. The predicted octanol–water partition coefficient (Wildman–Crippen LogP) is 27.8. The van der Waals surface area contributed by atoms with Gasteiger partial charge in [-0.25, -0.2) is 47.9 Å². The van der Waals surface area contributed by atoms with Gasteiger partial charge in [0.15, 0.2) is 5.76 Å². The first-order valence-corrected chi connectivity index (χ1v) is 51.2. The van der Waals surface area contributed by atoms with Crippen molar-refractivity contribution in [2.45, 2.75) is 218 Å². The van der Waals surface area contributed by atoms with E-state index in [9.17, 15) is 52.3 Å². The van der Waals surface area contributed by atoms with E-state index in [1.165, 1.54) is 46.9 Å². The molecule has 0 saturated carbocycles. The van der Waals surface area contributed by atoms with E-state index in [0.29, 0.717) is 74.7 Å². The number of carbonyl (C=O) groups excluding carboxylic acids is 2. The fourth-order valence-corrected chi connectivity index (χ4v) is 16.8. The number of Topliss-reactive ketones (excluding diaryl/α,β-unsaturated/α-hetero) is 1. The number of amides is 1. The van der Waals surface area contributed by atoms with E-state index in [4.69, 9.17) is 44.4 Å². The molecule has 0 bridgehead atoms. The SMILES string of the molecule is CCCSc1cc(C)ccc1C(=O)O.CCCc1cc(C)cc(F)c1C(=O)O.CCCc1cc(C)ccc1C(=O)O.CCOc1cc(C)ccc1NC(=O)C(C)=O.CCSc1cc(C)ccc1C(=O)O.CCc1cc(C)ccc1C(=O)O.Cc1ccc(-c2cc(=O)[nH]o2)cc1.Cc1ccc(-c2nc(=O)[nH]o2)cc1.Cc1ccc(-c2nc(C)[nH]c2C)cc1.Cc1ccc(-c2nc[nH]c2C)cc1.Cc1ccc(C(=O)O)c(SC(C)C)c1. The zero-order valence-electron chi connectivity index (χ0n) is 88.8. The average molecular weight is 2090 g/mol. The maximum atomic E-state index is 13.3.